The van der Waals surface area contributed by atoms with E-state index in [1.165, 1.54) is 18.5 Å². The highest BCUT2D eigenvalue weighted by Gasteiger charge is 2.36. The van der Waals surface area contributed by atoms with Gasteiger partial charge in [-0.2, -0.15) is 0 Å². The number of aliphatic hydroxyl groups excluding tert-OH is 1. The molecule has 0 fully saturated rings. The number of aromatic nitrogens is 2. The number of methoxy groups -OCH3 is 1. The van der Waals surface area contributed by atoms with Gasteiger partial charge in [0.2, 0.25) is 0 Å². The van der Waals surface area contributed by atoms with Crippen LogP contribution in [0.25, 0.3) is 10.9 Å². The number of ether oxygens (including phenoxy) is 2. The van der Waals surface area contributed by atoms with Crippen molar-refractivity contribution in [1.82, 2.24) is 19.5 Å². The zero-order chi connectivity index (χ0) is 28.5. The second kappa shape index (κ2) is 13.3. The van der Waals surface area contributed by atoms with Crippen LogP contribution in [-0.2, 0) is 4.79 Å². The summed E-state index contributed by atoms with van der Waals surface area (Å²) in [7, 11) is 1.57. The van der Waals surface area contributed by atoms with E-state index in [-0.39, 0.29) is 17.7 Å². The van der Waals surface area contributed by atoms with Crippen LogP contribution in [0.5, 0.6) is 11.5 Å². The van der Waals surface area contributed by atoms with E-state index in [1.54, 1.807) is 43.8 Å². The molecule has 1 aromatic heterocycles. The minimum atomic E-state index is -0.588. The average Bonchev–Trinajstić information content (AvgIpc) is 3.33. The Morgan fingerprint density at radius 3 is 2.75 bits per heavy atom. The molecule has 1 unspecified atom stereocenters. The normalized spacial score (nSPS) is 16.4. The molecule has 4 rings (SSSR count). The second-order valence-corrected chi connectivity index (χ2v) is 9.39. The molecule has 212 valence electrons. The molecule has 0 saturated carbocycles. The smallest absolute Gasteiger partial charge is 0.276 e. The summed E-state index contributed by atoms with van der Waals surface area (Å²) >= 11 is 0. The van der Waals surface area contributed by atoms with Gasteiger partial charge < -0.3 is 30.5 Å². The fourth-order valence-corrected chi connectivity index (χ4v) is 4.64. The Hall–Kier alpha value is -4.13. The number of nitrogens with zero attached hydrogens (tertiary/aromatic N) is 5. The number of allylic oxidation sites excluding steroid dienone is 1. The van der Waals surface area contributed by atoms with Crippen molar-refractivity contribution in [2.24, 2.45) is 10.8 Å². The number of benzene rings is 2. The Balaban J connectivity index is 1.54. The summed E-state index contributed by atoms with van der Waals surface area (Å²) in [5.74, 6) is 0.549. The number of amides is 1. The SMILES string of the molecule is CCCN(CCO)CCCOc1cc2ncnc(NC3=C[N+](CC(N)=O)(c4cccc(F)c4)N=C3)c2cc1OC. The molecule has 1 aliphatic rings. The molecule has 2 heterocycles. The highest BCUT2D eigenvalue weighted by atomic mass is 19.1. The summed E-state index contributed by atoms with van der Waals surface area (Å²) in [4.78, 5) is 22.9. The van der Waals surface area contributed by atoms with Crippen molar-refractivity contribution in [2.45, 2.75) is 19.8 Å². The molecule has 0 aliphatic carbocycles. The number of rotatable bonds is 15. The number of aliphatic hydroxyl groups is 1. The Morgan fingerprint density at radius 2 is 2.02 bits per heavy atom. The van der Waals surface area contributed by atoms with Crippen LogP contribution in [0.1, 0.15) is 19.8 Å². The minimum absolute atomic E-state index is 0.133. The van der Waals surface area contributed by atoms with Gasteiger partial charge in [0, 0.05) is 36.7 Å². The van der Waals surface area contributed by atoms with Gasteiger partial charge in [-0.15, -0.1) is 4.59 Å². The summed E-state index contributed by atoms with van der Waals surface area (Å²) in [5, 5.41) is 17.7. The first-order chi connectivity index (χ1) is 19.4. The van der Waals surface area contributed by atoms with Gasteiger partial charge in [-0.3, -0.25) is 4.79 Å². The van der Waals surface area contributed by atoms with Gasteiger partial charge >= 0.3 is 0 Å². The Labute approximate surface area is 232 Å². The molecule has 1 amide bonds. The first kappa shape index (κ1) is 28.9. The number of fused-ring (bicyclic) bond motifs is 1. The third kappa shape index (κ3) is 6.89. The second-order valence-electron chi connectivity index (χ2n) is 9.39. The number of halogens is 1. The van der Waals surface area contributed by atoms with Crippen LogP contribution in [0.2, 0.25) is 0 Å². The molecule has 0 radical (unpaired) electrons. The topological polar surface area (TPSA) is 135 Å². The molecule has 4 N–H and O–H groups in total. The largest absolute Gasteiger partial charge is 0.493 e. The van der Waals surface area contributed by atoms with E-state index in [9.17, 15) is 14.3 Å². The zero-order valence-corrected chi connectivity index (χ0v) is 22.7. The number of hydrogen-bond acceptors (Lipinski definition) is 9. The van der Waals surface area contributed by atoms with Crippen molar-refractivity contribution in [3.05, 3.63) is 60.4 Å². The monoisotopic (exact) mass is 552 g/mol. The standard InChI is InChI=1S/C28H34FN7O4/c1-3-8-35(10-11-37)9-5-12-40-26-15-24-23(14-25(26)39-2)28(32-19-31-24)34-21-16-33-36(17-21,18-27(30)38)22-7-4-6-20(29)13-22/h4,6-7,13-17,19,37H,3,5,8-12,18H2,1-2H3,(H2-,30,31,32,34,38)/p+1. The fraction of sp³-hybridized carbons (Fsp3) is 0.357. The predicted molar refractivity (Wildman–Crippen MR) is 152 cm³/mol. The Kier molecular flexibility index (Phi) is 9.59. The van der Waals surface area contributed by atoms with E-state index in [4.69, 9.17) is 15.2 Å². The number of quaternary nitrogens is 1. The maximum Gasteiger partial charge on any atom is 0.276 e. The molecule has 40 heavy (non-hydrogen) atoms. The van der Waals surface area contributed by atoms with Crippen molar-refractivity contribution in [3.8, 4) is 11.5 Å². The molecule has 12 heteroatoms. The molecule has 0 saturated heterocycles. The van der Waals surface area contributed by atoms with E-state index in [1.807, 2.05) is 0 Å². The number of hydrogen-bond donors (Lipinski definition) is 3. The van der Waals surface area contributed by atoms with Gasteiger partial charge in [-0.1, -0.05) is 18.1 Å². The molecule has 0 bridgehead atoms. The van der Waals surface area contributed by atoms with Gasteiger partial charge in [-0.05, 0) is 31.5 Å². The molecular formula is C28H35FN7O4+. The van der Waals surface area contributed by atoms with E-state index < -0.39 is 11.7 Å². The van der Waals surface area contributed by atoms with E-state index >= 15 is 0 Å². The summed E-state index contributed by atoms with van der Waals surface area (Å²) in [5.41, 5.74) is 7.15. The summed E-state index contributed by atoms with van der Waals surface area (Å²) < 4.78 is 25.3. The van der Waals surface area contributed by atoms with Crippen LogP contribution >= 0.6 is 0 Å². The van der Waals surface area contributed by atoms with Crippen LogP contribution in [0, 0.1) is 5.82 Å². The summed E-state index contributed by atoms with van der Waals surface area (Å²) in [6.45, 7) is 4.94. The molecule has 1 atom stereocenters. The Bertz CT molecular complexity index is 1390. The predicted octanol–water partition coefficient (Wildman–Crippen LogP) is 3.00. The van der Waals surface area contributed by atoms with Crippen molar-refractivity contribution >= 4 is 34.5 Å². The number of carbonyl (C=O) groups excluding carboxylic acids is 1. The van der Waals surface area contributed by atoms with Crippen molar-refractivity contribution < 1.29 is 23.8 Å². The molecule has 11 nitrogen and oxygen atoms in total. The number of primary amides is 1. The van der Waals surface area contributed by atoms with Gasteiger partial charge in [-0.25, -0.2) is 14.4 Å². The Morgan fingerprint density at radius 1 is 1.18 bits per heavy atom. The number of nitrogens with one attached hydrogen (secondary N) is 1. The number of nitrogens with two attached hydrogens (primary N) is 1. The van der Waals surface area contributed by atoms with E-state index in [0.29, 0.717) is 52.8 Å². The lowest BCUT2D eigenvalue weighted by molar-refractivity contribution is -0.118. The average molecular weight is 553 g/mol. The fourth-order valence-electron chi connectivity index (χ4n) is 4.64. The van der Waals surface area contributed by atoms with Crippen LogP contribution in [0.15, 0.2) is 59.7 Å². The first-order valence-corrected chi connectivity index (χ1v) is 13.1. The summed E-state index contributed by atoms with van der Waals surface area (Å²) in [6.07, 6.45) is 6.48. The first-order valence-electron chi connectivity index (χ1n) is 13.1. The van der Waals surface area contributed by atoms with Crippen molar-refractivity contribution in [3.63, 3.8) is 0 Å². The van der Waals surface area contributed by atoms with E-state index in [0.717, 1.165) is 25.9 Å². The maximum absolute atomic E-state index is 14.0. The highest BCUT2D eigenvalue weighted by Crippen LogP contribution is 2.35. The number of anilines is 1. The van der Waals surface area contributed by atoms with Gasteiger partial charge in [0.15, 0.2) is 29.9 Å². The molecular weight excluding hydrogens is 517 g/mol. The van der Waals surface area contributed by atoms with Gasteiger partial charge in [0.05, 0.1) is 25.8 Å². The minimum Gasteiger partial charge on any atom is -0.493 e. The van der Waals surface area contributed by atoms with Crippen LogP contribution < -0.4 is 25.1 Å². The third-order valence-corrected chi connectivity index (χ3v) is 6.42. The summed E-state index contributed by atoms with van der Waals surface area (Å²) in [6, 6.07) is 9.48. The van der Waals surface area contributed by atoms with Gasteiger partial charge in [0.1, 0.15) is 29.9 Å². The lowest BCUT2D eigenvalue weighted by Crippen LogP contribution is -2.44. The zero-order valence-electron chi connectivity index (χ0n) is 22.7. The van der Waals surface area contributed by atoms with E-state index in [2.05, 4.69) is 32.2 Å². The van der Waals surface area contributed by atoms with Crippen molar-refractivity contribution in [2.75, 3.05) is 51.8 Å². The highest BCUT2D eigenvalue weighted by molar-refractivity contribution is 5.96. The van der Waals surface area contributed by atoms with Crippen LogP contribution in [-0.4, -0.2) is 78.6 Å². The number of carbonyl (C=O) groups is 1. The third-order valence-electron chi connectivity index (χ3n) is 6.42. The molecule has 0 spiro atoms. The molecule has 1 aliphatic heterocycles. The lowest BCUT2D eigenvalue weighted by Gasteiger charge is -2.23. The molecule has 2 aromatic carbocycles. The van der Waals surface area contributed by atoms with Gasteiger partial charge in [0.25, 0.3) is 5.91 Å². The van der Waals surface area contributed by atoms with Crippen LogP contribution in [0.4, 0.5) is 15.9 Å². The lowest BCUT2D eigenvalue weighted by atomic mass is 10.2. The quantitative estimate of drug-likeness (QED) is 0.193. The van der Waals surface area contributed by atoms with Crippen molar-refractivity contribution in [1.29, 1.82) is 0 Å². The molecule has 3 aromatic rings. The van der Waals surface area contributed by atoms with Crippen LogP contribution in [0.3, 0.4) is 0 Å². The maximum atomic E-state index is 14.0.